The van der Waals surface area contributed by atoms with Crippen LogP contribution in [0.5, 0.6) is 0 Å². The number of rotatable bonds is 4. The zero-order chi connectivity index (χ0) is 11.5. The Morgan fingerprint density at radius 2 is 2.19 bits per heavy atom. The average Bonchev–Trinajstić information content (AvgIpc) is 2.87. The highest BCUT2D eigenvalue weighted by molar-refractivity contribution is 7.15. The van der Waals surface area contributed by atoms with Crippen LogP contribution in [-0.4, -0.2) is 29.5 Å². The molecule has 5 heteroatoms. The number of methoxy groups -OCH3 is 1. The monoisotopic (exact) mass is 241 g/mol. The molecular weight excluding hydrogens is 222 g/mol. The van der Waals surface area contributed by atoms with E-state index in [1.165, 1.54) is 0 Å². The fourth-order valence-electron chi connectivity index (χ4n) is 1.99. The summed E-state index contributed by atoms with van der Waals surface area (Å²) in [7, 11) is 1.79. The van der Waals surface area contributed by atoms with E-state index in [4.69, 9.17) is 4.74 Å². The van der Waals surface area contributed by atoms with Crippen molar-refractivity contribution in [3.05, 3.63) is 5.01 Å². The maximum Gasteiger partial charge on any atom is 0.205 e. The lowest BCUT2D eigenvalue weighted by atomic mass is 10.2. The highest BCUT2D eigenvalue weighted by Gasteiger charge is 2.25. The number of ether oxygens (including phenoxy) is 1. The molecule has 90 valence electrons. The second-order valence-corrected chi connectivity index (χ2v) is 5.62. The maximum absolute atomic E-state index is 5.35. The summed E-state index contributed by atoms with van der Waals surface area (Å²) in [6.45, 7) is 4.28. The molecule has 4 nitrogen and oxygen atoms in total. The summed E-state index contributed by atoms with van der Waals surface area (Å²) >= 11 is 1.66. The average molecular weight is 241 g/mol. The quantitative estimate of drug-likeness (QED) is 0.880. The largest absolute Gasteiger partial charge is 0.381 e. The zero-order valence-electron chi connectivity index (χ0n) is 10.1. The predicted octanol–water partition coefficient (Wildman–Crippen LogP) is 2.64. The molecule has 1 heterocycles. The van der Waals surface area contributed by atoms with Crippen LogP contribution in [0, 0.1) is 0 Å². The van der Waals surface area contributed by atoms with Gasteiger partial charge in [-0.1, -0.05) is 25.2 Å². The van der Waals surface area contributed by atoms with E-state index in [1.54, 1.807) is 18.4 Å². The Morgan fingerprint density at radius 3 is 2.75 bits per heavy atom. The molecule has 2 unspecified atom stereocenters. The van der Waals surface area contributed by atoms with Gasteiger partial charge in [0.2, 0.25) is 5.13 Å². The zero-order valence-corrected chi connectivity index (χ0v) is 10.9. The van der Waals surface area contributed by atoms with Crippen LogP contribution in [0.25, 0.3) is 0 Å². The highest BCUT2D eigenvalue weighted by Crippen LogP contribution is 2.28. The Hall–Kier alpha value is -0.680. The molecule has 1 N–H and O–H groups in total. The smallest absolute Gasteiger partial charge is 0.205 e. The molecule has 1 fully saturated rings. The minimum Gasteiger partial charge on any atom is -0.381 e. The molecule has 1 aliphatic carbocycles. The summed E-state index contributed by atoms with van der Waals surface area (Å²) in [6.07, 6.45) is 3.79. The maximum atomic E-state index is 5.35. The second kappa shape index (κ2) is 5.10. The molecule has 2 rings (SSSR count). The van der Waals surface area contributed by atoms with Gasteiger partial charge >= 0.3 is 0 Å². The van der Waals surface area contributed by atoms with Gasteiger partial charge in [-0.05, 0) is 19.3 Å². The Bertz CT molecular complexity index is 340. The van der Waals surface area contributed by atoms with Crippen molar-refractivity contribution >= 4 is 16.5 Å². The Morgan fingerprint density at radius 1 is 1.38 bits per heavy atom. The topological polar surface area (TPSA) is 47.0 Å². The number of nitrogens with zero attached hydrogens (tertiary/aromatic N) is 2. The third-order valence-electron chi connectivity index (χ3n) is 2.98. The number of hydrogen-bond donors (Lipinski definition) is 1. The van der Waals surface area contributed by atoms with Gasteiger partial charge < -0.3 is 10.1 Å². The summed E-state index contributed by atoms with van der Waals surface area (Å²) in [5.41, 5.74) is 0. The van der Waals surface area contributed by atoms with Crippen LogP contribution < -0.4 is 5.32 Å². The highest BCUT2D eigenvalue weighted by atomic mass is 32.1. The van der Waals surface area contributed by atoms with Gasteiger partial charge in [0.15, 0.2) is 0 Å². The minimum absolute atomic E-state index is 0.412. The molecule has 16 heavy (non-hydrogen) atoms. The summed E-state index contributed by atoms with van der Waals surface area (Å²) in [4.78, 5) is 0. The second-order valence-electron chi connectivity index (χ2n) is 4.61. The van der Waals surface area contributed by atoms with Gasteiger partial charge in [-0.2, -0.15) is 0 Å². The van der Waals surface area contributed by atoms with Crippen LogP contribution in [0.15, 0.2) is 0 Å². The van der Waals surface area contributed by atoms with Crippen molar-refractivity contribution in [2.75, 3.05) is 12.4 Å². The van der Waals surface area contributed by atoms with Crippen molar-refractivity contribution in [2.24, 2.45) is 0 Å². The van der Waals surface area contributed by atoms with Crippen LogP contribution >= 0.6 is 11.3 Å². The van der Waals surface area contributed by atoms with Crippen molar-refractivity contribution in [3.8, 4) is 0 Å². The van der Waals surface area contributed by atoms with Crippen molar-refractivity contribution in [2.45, 2.75) is 51.2 Å². The predicted molar refractivity (Wildman–Crippen MR) is 66.1 cm³/mol. The molecular formula is C11H19N3OS. The molecule has 0 aromatic carbocycles. The SMILES string of the molecule is COC1CCC(Nc2nnc(C(C)C)s2)C1. The Labute approximate surface area is 100 Å². The molecule has 1 aromatic heterocycles. The fourth-order valence-corrected chi connectivity index (χ4v) is 2.81. The van der Waals surface area contributed by atoms with E-state index in [0.29, 0.717) is 18.1 Å². The molecule has 1 saturated carbocycles. The molecule has 0 spiro atoms. The first-order chi connectivity index (χ1) is 7.69. The molecule has 0 aliphatic heterocycles. The van der Waals surface area contributed by atoms with Crippen molar-refractivity contribution in [3.63, 3.8) is 0 Å². The van der Waals surface area contributed by atoms with Crippen LogP contribution in [0.3, 0.4) is 0 Å². The van der Waals surface area contributed by atoms with Crippen LogP contribution in [0.4, 0.5) is 5.13 Å². The Balaban J connectivity index is 1.89. The summed E-state index contributed by atoms with van der Waals surface area (Å²) in [5.74, 6) is 0.461. The molecule has 0 saturated heterocycles. The third-order valence-corrected chi connectivity index (χ3v) is 4.14. The van der Waals surface area contributed by atoms with Crippen LogP contribution in [-0.2, 0) is 4.74 Å². The molecule has 1 aromatic rings. The molecule has 0 amide bonds. The first kappa shape index (κ1) is 11.8. The first-order valence-electron chi connectivity index (χ1n) is 5.81. The normalized spacial score (nSPS) is 25.2. The van der Waals surface area contributed by atoms with Gasteiger partial charge in [0.05, 0.1) is 6.10 Å². The van der Waals surface area contributed by atoms with Gasteiger partial charge in [-0.15, -0.1) is 10.2 Å². The Kier molecular flexibility index (Phi) is 3.76. The number of anilines is 1. The minimum atomic E-state index is 0.412. The van der Waals surface area contributed by atoms with Crippen molar-refractivity contribution in [1.82, 2.24) is 10.2 Å². The van der Waals surface area contributed by atoms with E-state index < -0.39 is 0 Å². The molecule has 0 radical (unpaired) electrons. The summed E-state index contributed by atoms with van der Waals surface area (Å²) in [5, 5.41) is 13.8. The lowest BCUT2D eigenvalue weighted by molar-refractivity contribution is 0.108. The van der Waals surface area contributed by atoms with Gasteiger partial charge in [-0.25, -0.2) is 0 Å². The van der Waals surface area contributed by atoms with Gasteiger partial charge in [0.25, 0.3) is 0 Å². The van der Waals surface area contributed by atoms with Crippen molar-refractivity contribution < 1.29 is 4.74 Å². The number of aromatic nitrogens is 2. The molecule has 2 atom stereocenters. The van der Waals surface area contributed by atoms with E-state index in [2.05, 4.69) is 29.4 Å². The van der Waals surface area contributed by atoms with E-state index in [0.717, 1.165) is 29.4 Å². The lowest BCUT2D eigenvalue weighted by Crippen LogP contribution is -2.17. The van der Waals surface area contributed by atoms with E-state index >= 15 is 0 Å². The van der Waals surface area contributed by atoms with E-state index in [1.807, 2.05) is 0 Å². The third kappa shape index (κ3) is 2.71. The standard InChI is InChI=1S/C11H19N3OS/c1-7(2)10-13-14-11(16-10)12-8-4-5-9(6-8)15-3/h7-9H,4-6H2,1-3H3,(H,12,14). The fraction of sp³-hybridized carbons (Fsp3) is 0.818. The number of nitrogens with one attached hydrogen (secondary N) is 1. The summed E-state index contributed by atoms with van der Waals surface area (Å²) < 4.78 is 5.35. The molecule has 0 bridgehead atoms. The van der Waals surface area contributed by atoms with Gasteiger partial charge in [0.1, 0.15) is 5.01 Å². The summed E-state index contributed by atoms with van der Waals surface area (Å²) in [6, 6.07) is 0.498. The van der Waals surface area contributed by atoms with E-state index in [-0.39, 0.29) is 0 Å². The van der Waals surface area contributed by atoms with Gasteiger partial charge in [-0.3, -0.25) is 0 Å². The van der Waals surface area contributed by atoms with Crippen molar-refractivity contribution in [1.29, 1.82) is 0 Å². The van der Waals surface area contributed by atoms with E-state index in [9.17, 15) is 0 Å². The van der Waals surface area contributed by atoms with Crippen LogP contribution in [0.2, 0.25) is 0 Å². The van der Waals surface area contributed by atoms with Gasteiger partial charge in [0, 0.05) is 19.1 Å². The lowest BCUT2D eigenvalue weighted by Gasteiger charge is -2.10. The number of hydrogen-bond acceptors (Lipinski definition) is 5. The first-order valence-corrected chi connectivity index (χ1v) is 6.63. The molecule has 1 aliphatic rings. The van der Waals surface area contributed by atoms with Crippen LogP contribution in [0.1, 0.15) is 44.0 Å².